The molecule has 1 atom stereocenters. The lowest BCUT2D eigenvalue weighted by Crippen LogP contribution is -2.41. The highest BCUT2D eigenvalue weighted by Crippen LogP contribution is 2.43. The summed E-state index contributed by atoms with van der Waals surface area (Å²) in [6.45, 7) is 7.29. The second kappa shape index (κ2) is 9.63. The van der Waals surface area contributed by atoms with Gasteiger partial charge in [0.2, 0.25) is 0 Å². The number of fused-ring (bicyclic) bond motifs is 3. The molecule has 8 heteroatoms. The van der Waals surface area contributed by atoms with Crippen LogP contribution in [0.5, 0.6) is 11.5 Å². The minimum Gasteiger partial charge on any atom is -0.487 e. The van der Waals surface area contributed by atoms with Crippen molar-refractivity contribution in [1.82, 2.24) is 5.32 Å². The fourth-order valence-electron chi connectivity index (χ4n) is 3.86. The van der Waals surface area contributed by atoms with E-state index >= 15 is 0 Å². The molecule has 1 aromatic carbocycles. The van der Waals surface area contributed by atoms with E-state index in [1.807, 2.05) is 13.8 Å². The fraction of sp³-hybridized carbons (Fsp3) is 0.542. The molecule has 174 valence electrons. The summed E-state index contributed by atoms with van der Waals surface area (Å²) >= 11 is 0. The van der Waals surface area contributed by atoms with Gasteiger partial charge in [0.25, 0.3) is 5.91 Å². The van der Waals surface area contributed by atoms with Crippen molar-refractivity contribution in [2.45, 2.75) is 71.4 Å². The number of nitrogens with one attached hydrogen (secondary N) is 1. The zero-order chi connectivity index (χ0) is 23.5. The van der Waals surface area contributed by atoms with E-state index in [0.717, 1.165) is 30.4 Å². The van der Waals surface area contributed by atoms with Gasteiger partial charge in [-0.15, -0.1) is 0 Å². The lowest BCUT2D eigenvalue weighted by Gasteiger charge is -2.33. The van der Waals surface area contributed by atoms with Gasteiger partial charge in [0.1, 0.15) is 28.7 Å². The lowest BCUT2D eigenvalue weighted by molar-refractivity contribution is -0.144. The Hall–Kier alpha value is -3.03. The van der Waals surface area contributed by atoms with Crippen LogP contribution in [0.2, 0.25) is 0 Å². The molecule has 0 bridgehead atoms. The summed E-state index contributed by atoms with van der Waals surface area (Å²) in [6, 6.07) is 2.47. The van der Waals surface area contributed by atoms with E-state index in [1.54, 1.807) is 6.07 Å². The van der Waals surface area contributed by atoms with Crippen LogP contribution in [0.4, 0.5) is 0 Å². The van der Waals surface area contributed by atoms with Crippen LogP contribution in [0.3, 0.4) is 0 Å². The highest BCUT2D eigenvalue weighted by molar-refractivity contribution is 5.92. The molecule has 0 saturated carbocycles. The van der Waals surface area contributed by atoms with E-state index in [-0.39, 0.29) is 12.2 Å². The third kappa shape index (κ3) is 5.23. The van der Waals surface area contributed by atoms with Crippen molar-refractivity contribution in [3.8, 4) is 11.5 Å². The second-order valence-electron chi connectivity index (χ2n) is 8.71. The first kappa shape index (κ1) is 23.6. The van der Waals surface area contributed by atoms with E-state index in [0.29, 0.717) is 35.3 Å². The van der Waals surface area contributed by atoms with Gasteiger partial charge in [-0.05, 0) is 52.0 Å². The monoisotopic (exact) mass is 445 g/mol. The third-order valence-electron chi connectivity index (χ3n) is 5.58. The molecule has 2 heterocycles. The summed E-state index contributed by atoms with van der Waals surface area (Å²) in [5.41, 5.74) is 1.33. The van der Waals surface area contributed by atoms with E-state index in [2.05, 4.69) is 17.0 Å². The summed E-state index contributed by atoms with van der Waals surface area (Å²) in [5, 5.41) is 3.23. The predicted octanol–water partition coefficient (Wildman–Crippen LogP) is 3.30. The van der Waals surface area contributed by atoms with E-state index in [9.17, 15) is 14.4 Å². The standard InChI is InChI=1S/C24H31NO7/c1-6-7-8-15-11-20(27)31-22-16-9-10-24(3,4)32-17(16)12-18(21(15)22)30-13-19(26)25-14(2)23(28)29-5/h11-12,14H,6-10,13H2,1-5H3,(H,25,26). The van der Waals surface area contributed by atoms with Crippen molar-refractivity contribution in [2.24, 2.45) is 0 Å². The topological polar surface area (TPSA) is 104 Å². The maximum Gasteiger partial charge on any atom is 0.336 e. The molecule has 32 heavy (non-hydrogen) atoms. The van der Waals surface area contributed by atoms with Crippen LogP contribution in [0.1, 0.15) is 58.1 Å². The molecule has 0 radical (unpaired) electrons. The SMILES string of the molecule is CCCCc1cc(=O)oc2c3c(cc(OCC(=O)NC(C)C(=O)OC)c12)OC(C)(C)CC3. The molecule has 1 aliphatic heterocycles. The summed E-state index contributed by atoms with van der Waals surface area (Å²) < 4.78 is 22.3. The summed E-state index contributed by atoms with van der Waals surface area (Å²) in [4.78, 5) is 36.2. The maximum absolute atomic E-state index is 12.3. The first-order valence-corrected chi connectivity index (χ1v) is 11.0. The summed E-state index contributed by atoms with van der Waals surface area (Å²) in [5.74, 6) is -0.0191. The van der Waals surface area contributed by atoms with Gasteiger partial charge in [0.15, 0.2) is 6.61 Å². The Kier molecular flexibility index (Phi) is 7.11. The molecule has 1 unspecified atom stereocenters. The normalized spacial score (nSPS) is 15.4. The van der Waals surface area contributed by atoms with Crippen molar-refractivity contribution < 1.29 is 28.2 Å². The molecule has 1 aromatic heterocycles. The van der Waals surface area contributed by atoms with Crippen LogP contribution in [0.25, 0.3) is 11.0 Å². The van der Waals surface area contributed by atoms with Gasteiger partial charge < -0.3 is 23.9 Å². The number of amides is 1. The summed E-state index contributed by atoms with van der Waals surface area (Å²) in [7, 11) is 1.26. The Morgan fingerprint density at radius 3 is 2.72 bits per heavy atom. The van der Waals surface area contributed by atoms with E-state index < -0.39 is 23.5 Å². The average molecular weight is 446 g/mol. The number of benzene rings is 1. The number of esters is 1. The van der Waals surface area contributed by atoms with Crippen molar-refractivity contribution in [1.29, 1.82) is 0 Å². The maximum atomic E-state index is 12.3. The molecule has 8 nitrogen and oxygen atoms in total. The van der Waals surface area contributed by atoms with Crippen LogP contribution >= 0.6 is 0 Å². The third-order valence-corrected chi connectivity index (χ3v) is 5.58. The van der Waals surface area contributed by atoms with Gasteiger partial charge in [-0.1, -0.05) is 13.3 Å². The molecular weight excluding hydrogens is 414 g/mol. The number of ether oxygens (including phenoxy) is 3. The molecule has 0 saturated heterocycles. The highest BCUT2D eigenvalue weighted by Gasteiger charge is 2.31. The van der Waals surface area contributed by atoms with Crippen LogP contribution in [0.15, 0.2) is 21.3 Å². The van der Waals surface area contributed by atoms with Gasteiger partial charge in [-0.2, -0.15) is 0 Å². The Labute approximate surface area is 187 Å². The van der Waals surface area contributed by atoms with Crippen LogP contribution in [-0.2, 0) is 27.2 Å². The molecule has 0 aliphatic carbocycles. The second-order valence-corrected chi connectivity index (χ2v) is 8.71. The smallest absolute Gasteiger partial charge is 0.336 e. The number of methoxy groups -OCH3 is 1. The molecule has 1 amide bonds. The van der Waals surface area contributed by atoms with Crippen LogP contribution in [0, 0.1) is 0 Å². The molecule has 3 rings (SSSR count). The van der Waals surface area contributed by atoms with Gasteiger partial charge in [0, 0.05) is 17.7 Å². The molecule has 0 fully saturated rings. The Bertz CT molecular complexity index is 1070. The number of rotatable bonds is 8. The summed E-state index contributed by atoms with van der Waals surface area (Å²) in [6.07, 6.45) is 4.04. The zero-order valence-electron chi connectivity index (χ0n) is 19.3. The minimum atomic E-state index is -0.793. The Balaban J connectivity index is 2.01. The average Bonchev–Trinajstić information content (AvgIpc) is 2.73. The van der Waals surface area contributed by atoms with Gasteiger partial charge in [-0.25, -0.2) is 9.59 Å². The zero-order valence-corrected chi connectivity index (χ0v) is 19.3. The van der Waals surface area contributed by atoms with Gasteiger partial charge in [0.05, 0.1) is 12.5 Å². The number of unbranched alkanes of at least 4 members (excludes halogenated alkanes) is 1. The molecular formula is C24H31NO7. The lowest BCUT2D eigenvalue weighted by atomic mass is 9.91. The van der Waals surface area contributed by atoms with E-state index in [4.69, 9.17) is 13.9 Å². The predicted molar refractivity (Wildman–Crippen MR) is 119 cm³/mol. The quantitative estimate of drug-likeness (QED) is 0.491. The fourth-order valence-corrected chi connectivity index (χ4v) is 3.86. The Morgan fingerprint density at radius 2 is 2.03 bits per heavy atom. The largest absolute Gasteiger partial charge is 0.487 e. The molecule has 1 aliphatic rings. The van der Waals surface area contributed by atoms with Crippen molar-refractivity contribution in [3.63, 3.8) is 0 Å². The number of carbonyl (C=O) groups is 2. The van der Waals surface area contributed by atoms with Crippen molar-refractivity contribution in [2.75, 3.05) is 13.7 Å². The molecule has 2 aromatic rings. The number of hydrogen-bond donors (Lipinski definition) is 1. The van der Waals surface area contributed by atoms with Crippen molar-refractivity contribution in [3.05, 3.63) is 33.7 Å². The van der Waals surface area contributed by atoms with Crippen LogP contribution in [-0.4, -0.2) is 37.2 Å². The van der Waals surface area contributed by atoms with Gasteiger partial charge >= 0.3 is 11.6 Å². The molecule has 1 N–H and O–H groups in total. The van der Waals surface area contributed by atoms with Gasteiger partial charge in [-0.3, -0.25) is 4.79 Å². The molecule has 0 spiro atoms. The Morgan fingerprint density at radius 1 is 1.28 bits per heavy atom. The number of aryl methyl sites for hydroxylation is 2. The number of carbonyl (C=O) groups excluding carboxylic acids is 2. The first-order chi connectivity index (χ1) is 15.1. The number of hydrogen-bond acceptors (Lipinski definition) is 7. The first-order valence-electron chi connectivity index (χ1n) is 11.0. The van der Waals surface area contributed by atoms with Crippen molar-refractivity contribution >= 4 is 22.8 Å². The van der Waals surface area contributed by atoms with Crippen LogP contribution < -0.4 is 20.4 Å². The van der Waals surface area contributed by atoms with E-state index in [1.165, 1.54) is 20.1 Å². The minimum absolute atomic E-state index is 0.315. The highest BCUT2D eigenvalue weighted by atomic mass is 16.5.